The predicted molar refractivity (Wildman–Crippen MR) is 111 cm³/mol. The number of anilines is 1. The molecule has 1 aliphatic rings. The molecule has 1 N–H and O–H groups in total. The molecule has 30 heavy (non-hydrogen) atoms. The van der Waals surface area contributed by atoms with Crippen molar-refractivity contribution < 1.29 is 8.78 Å². The first-order valence-corrected chi connectivity index (χ1v) is 9.43. The zero-order valence-electron chi connectivity index (χ0n) is 15.5. The van der Waals surface area contributed by atoms with Gasteiger partial charge in [-0.05, 0) is 34.9 Å². The summed E-state index contributed by atoms with van der Waals surface area (Å²) < 4.78 is 29.5. The van der Waals surface area contributed by atoms with Crippen molar-refractivity contribution in [1.82, 2.24) is 0 Å². The molecule has 148 valence electrons. The Morgan fingerprint density at radius 3 is 2.60 bits per heavy atom. The Morgan fingerprint density at radius 1 is 1.13 bits per heavy atom. The van der Waals surface area contributed by atoms with Gasteiger partial charge in [-0.3, -0.25) is 0 Å². The zero-order valence-corrected chi connectivity index (χ0v) is 16.3. The van der Waals surface area contributed by atoms with Crippen molar-refractivity contribution in [1.29, 1.82) is 5.26 Å². The number of rotatable bonds is 4. The van der Waals surface area contributed by atoms with Crippen LogP contribution < -0.4 is 5.32 Å². The number of hydrogen-bond acceptors (Lipinski definition) is 3. The molecule has 0 radical (unpaired) electrons. The highest BCUT2D eigenvalue weighted by Crippen LogP contribution is 2.48. The minimum Gasteiger partial charge on any atom is -0.375 e. The van der Waals surface area contributed by atoms with Crippen molar-refractivity contribution >= 4 is 17.3 Å². The van der Waals surface area contributed by atoms with E-state index < -0.39 is 17.2 Å². The van der Waals surface area contributed by atoms with Crippen molar-refractivity contribution in [3.05, 3.63) is 98.4 Å². The van der Waals surface area contributed by atoms with Crippen LogP contribution in [0.25, 0.3) is 21.6 Å². The lowest BCUT2D eigenvalue weighted by Crippen LogP contribution is -2.36. The Hall–Kier alpha value is -3.59. The molecule has 1 aliphatic heterocycles. The molecule has 5 nitrogen and oxygen atoms in total. The predicted octanol–water partition coefficient (Wildman–Crippen LogP) is 6.33. The maximum absolute atomic E-state index is 14.8. The van der Waals surface area contributed by atoms with E-state index in [0.29, 0.717) is 11.3 Å². The molecule has 1 atom stereocenters. The molecule has 1 heterocycles. The summed E-state index contributed by atoms with van der Waals surface area (Å²) >= 11 is 6.30. The van der Waals surface area contributed by atoms with Crippen LogP contribution in [0.4, 0.5) is 14.5 Å². The first kappa shape index (κ1) is 19.7. The number of nitrogens with one attached hydrogen (secondary N) is 1. The van der Waals surface area contributed by atoms with Crippen LogP contribution >= 0.6 is 11.6 Å². The molecule has 0 saturated heterocycles. The van der Waals surface area contributed by atoms with E-state index in [1.165, 1.54) is 24.3 Å². The van der Waals surface area contributed by atoms with Gasteiger partial charge in [-0.25, -0.2) is 8.78 Å². The maximum atomic E-state index is 14.8. The molecule has 3 aromatic carbocycles. The van der Waals surface area contributed by atoms with Gasteiger partial charge in [-0.1, -0.05) is 53.1 Å². The summed E-state index contributed by atoms with van der Waals surface area (Å²) in [7, 11) is 0. The molecular formula is C22H14ClF2N5. The third-order valence-electron chi connectivity index (χ3n) is 5.29. The lowest BCUT2D eigenvalue weighted by atomic mass is 9.84. The van der Waals surface area contributed by atoms with Crippen LogP contribution in [0.1, 0.15) is 16.7 Å². The van der Waals surface area contributed by atoms with E-state index in [9.17, 15) is 14.0 Å². The van der Waals surface area contributed by atoms with Gasteiger partial charge >= 0.3 is 0 Å². The lowest BCUT2D eigenvalue weighted by molar-refractivity contribution is 0.521. The highest BCUT2D eigenvalue weighted by molar-refractivity contribution is 6.34. The Labute approximate surface area is 176 Å². The van der Waals surface area contributed by atoms with E-state index in [2.05, 4.69) is 15.3 Å². The van der Waals surface area contributed by atoms with E-state index >= 15 is 0 Å². The minimum atomic E-state index is -0.861. The second-order valence-electron chi connectivity index (χ2n) is 6.99. The van der Waals surface area contributed by atoms with Gasteiger partial charge in [-0.15, -0.1) is 0 Å². The van der Waals surface area contributed by atoms with Gasteiger partial charge < -0.3 is 5.32 Å². The summed E-state index contributed by atoms with van der Waals surface area (Å²) in [4.78, 5) is 2.87. The van der Waals surface area contributed by atoms with Gasteiger partial charge in [0.1, 0.15) is 11.6 Å². The minimum absolute atomic E-state index is 0.0449. The first-order chi connectivity index (χ1) is 14.5. The third kappa shape index (κ3) is 3.13. The van der Waals surface area contributed by atoms with Gasteiger partial charge in [0.2, 0.25) is 0 Å². The number of nitriles is 1. The quantitative estimate of drug-likeness (QED) is 0.303. The summed E-state index contributed by atoms with van der Waals surface area (Å²) in [6.07, 6.45) is 0.264. The van der Waals surface area contributed by atoms with Crippen LogP contribution in [-0.2, 0) is 12.0 Å². The average Bonchev–Trinajstić information content (AvgIpc) is 3.13. The first-order valence-electron chi connectivity index (χ1n) is 9.05. The molecule has 0 spiro atoms. The second-order valence-corrected chi connectivity index (χ2v) is 7.36. The van der Waals surface area contributed by atoms with Crippen LogP contribution in [0.2, 0.25) is 5.02 Å². The Balaban J connectivity index is 1.98. The molecule has 0 bridgehead atoms. The molecule has 1 unspecified atom stereocenters. The van der Waals surface area contributed by atoms with Crippen LogP contribution in [0.5, 0.6) is 0 Å². The van der Waals surface area contributed by atoms with Gasteiger partial charge in [-0.2, -0.15) is 5.26 Å². The van der Waals surface area contributed by atoms with E-state index in [1.54, 1.807) is 0 Å². The Morgan fingerprint density at radius 2 is 1.90 bits per heavy atom. The Bertz CT molecular complexity index is 1230. The number of hydrogen-bond donors (Lipinski definition) is 1. The topological polar surface area (TPSA) is 84.6 Å². The van der Waals surface area contributed by atoms with E-state index in [-0.39, 0.29) is 34.7 Å². The average molecular weight is 422 g/mol. The number of halogens is 3. The van der Waals surface area contributed by atoms with Crippen LogP contribution in [0.3, 0.4) is 0 Å². The zero-order chi connectivity index (χ0) is 21.3. The molecule has 0 aromatic heterocycles. The van der Waals surface area contributed by atoms with Crippen molar-refractivity contribution in [2.24, 2.45) is 5.11 Å². The molecule has 3 aromatic rings. The highest BCUT2D eigenvalue weighted by Gasteiger charge is 2.41. The summed E-state index contributed by atoms with van der Waals surface area (Å²) in [5.41, 5.74) is 9.96. The fraction of sp³-hybridized carbons (Fsp3) is 0.136. The van der Waals surface area contributed by atoms with Crippen molar-refractivity contribution in [3.8, 4) is 17.2 Å². The molecule has 8 heteroatoms. The summed E-state index contributed by atoms with van der Waals surface area (Å²) in [5.74, 6) is -1.41. The fourth-order valence-corrected chi connectivity index (χ4v) is 4.23. The highest BCUT2D eigenvalue weighted by atomic mass is 35.5. The van der Waals surface area contributed by atoms with Gasteiger partial charge in [0, 0.05) is 28.1 Å². The number of nitrogens with zero attached hydrogens (tertiary/aromatic N) is 4. The maximum Gasteiger partial charge on any atom is 0.144 e. The van der Waals surface area contributed by atoms with Crippen LogP contribution in [-0.4, -0.2) is 6.54 Å². The van der Waals surface area contributed by atoms with Crippen LogP contribution in [0.15, 0.2) is 59.7 Å². The van der Waals surface area contributed by atoms with Crippen LogP contribution in [0, 0.1) is 23.0 Å². The SMILES string of the molecule is N#Cc1cccc(F)c1-c1c(Cl)c(F)cc2c1CC(CN=[N+]=[N-])(c1ccccc1)N2. The van der Waals surface area contributed by atoms with E-state index in [4.69, 9.17) is 17.1 Å². The number of azide groups is 1. The Kier molecular flexibility index (Phi) is 5.04. The lowest BCUT2D eigenvalue weighted by Gasteiger charge is -2.29. The van der Waals surface area contributed by atoms with Gasteiger partial charge in [0.25, 0.3) is 0 Å². The third-order valence-corrected chi connectivity index (χ3v) is 5.66. The van der Waals surface area contributed by atoms with Gasteiger partial charge in [0.15, 0.2) is 0 Å². The molecule has 0 aliphatic carbocycles. The summed E-state index contributed by atoms with van der Waals surface area (Å²) in [6.45, 7) is 0.0449. The molecule has 0 fully saturated rings. The van der Waals surface area contributed by atoms with Crippen molar-refractivity contribution in [2.45, 2.75) is 12.0 Å². The smallest absolute Gasteiger partial charge is 0.144 e. The summed E-state index contributed by atoms with van der Waals surface area (Å²) in [5, 5.41) is 16.2. The number of fused-ring (bicyclic) bond motifs is 1. The fourth-order valence-electron chi connectivity index (χ4n) is 3.97. The van der Waals surface area contributed by atoms with E-state index in [0.717, 1.165) is 5.56 Å². The standard InChI is InChI=1S/C22H14ClF2N5/c23-21-17(25)9-18-15(20(21)19-13(11-26)5-4-8-16(19)24)10-22(29-18,12-28-30-27)14-6-2-1-3-7-14/h1-9,29H,10,12H2. The largest absolute Gasteiger partial charge is 0.375 e. The van der Waals surface area contributed by atoms with Gasteiger partial charge in [0.05, 0.1) is 28.7 Å². The molecule has 0 amide bonds. The van der Waals surface area contributed by atoms with E-state index in [1.807, 2.05) is 36.4 Å². The molecular weight excluding hydrogens is 408 g/mol. The molecule has 4 rings (SSSR count). The van der Waals surface area contributed by atoms with Crippen molar-refractivity contribution in [3.63, 3.8) is 0 Å². The summed E-state index contributed by atoms with van der Waals surface area (Å²) in [6, 6.07) is 16.6. The van der Waals surface area contributed by atoms with Crippen molar-refractivity contribution in [2.75, 3.05) is 11.9 Å². The second kappa shape index (κ2) is 7.68. The normalized spacial score (nSPS) is 16.9. The number of benzene rings is 3. The molecule has 0 saturated carbocycles. The monoisotopic (exact) mass is 421 g/mol.